The molecule has 28 heavy (non-hydrogen) atoms. The van der Waals surface area contributed by atoms with E-state index in [9.17, 15) is 9.59 Å². The summed E-state index contributed by atoms with van der Waals surface area (Å²) in [6, 6.07) is 17.8. The quantitative estimate of drug-likeness (QED) is 0.812. The Balaban J connectivity index is 1.48. The SMILES string of the molecule is NC(=O)C1CCCN1Cc1cccc(NC(=O)C2(c3ccccc3)CCC2)c1. The molecule has 2 fully saturated rings. The molecule has 2 aromatic rings. The van der Waals surface area contributed by atoms with E-state index in [1.165, 1.54) is 0 Å². The predicted octanol–water partition coefficient (Wildman–Crippen LogP) is 3.20. The first-order valence-electron chi connectivity index (χ1n) is 10.1. The maximum absolute atomic E-state index is 13.1. The van der Waals surface area contributed by atoms with Crippen LogP contribution >= 0.6 is 0 Å². The van der Waals surface area contributed by atoms with Crippen molar-refractivity contribution >= 4 is 17.5 Å². The number of amides is 2. The third-order valence-electron chi connectivity index (χ3n) is 6.23. The maximum Gasteiger partial charge on any atom is 0.235 e. The van der Waals surface area contributed by atoms with Crippen molar-refractivity contribution in [3.63, 3.8) is 0 Å². The van der Waals surface area contributed by atoms with E-state index in [1.54, 1.807) is 0 Å². The van der Waals surface area contributed by atoms with Crippen LogP contribution in [0, 0.1) is 0 Å². The number of carbonyl (C=O) groups is 2. The van der Waals surface area contributed by atoms with E-state index in [2.05, 4.69) is 10.2 Å². The van der Waals surface area contributed by atoms with Crippen molar-refractivity contribution in [1.82, 2.24) is 4.90 Å². The van der Waals surface area contributed by atoms with Crippen molar-refractivity contribution in [3.05, 3.63) is 65.7 Å². The van der Waals surface area contributed by atoms with Crippen molar-refractivity contribution in [2.45, 2.75) is 50.1 Å². The van der Waals surface area contributed by atoms with E-state index in [1.807, 2.05) is 54.6 Å². The van der Waals surface area contributed by atoms with Gasteiger partial charge in [0.05, 0.1) is 11.5 Å². The Morgan fingerprint density at radius 3 is 2.54 bits per heavy atom. The van der Waals surface area contributed by atoms with Gasteiger partial charge in [-0.05, 0) is 55.5 Å². The van der Waals surface area contributed by atoms with Gasteiger partial charge in [0.1, 0.15) is 0 Å². The standard InChI is InChI=1S/C23H27N3O2/c24-21(27)20-11-5-14-26(20)16-17-7-4-10-19(15-17)25-22(28)23(12-6-13-23)18-8-2-1-3-9-18/h1-4,7-10,15,20H,5-6,11-14,16H2,(H2,24,27)(H,25,28). The number of benzene rings is 2. The molecule has 1 atom stereocenters. The number of rotatable bonds is 6. The molecule has 0 radical (unpaired) electrons. The van der Waals surface area contributed by atoms with Crippen molar-refractivity contribution in [1.29, 1.82) is 0 Å². The molecule has 0 aromatic heterocycles. The Hall–Kier alpha value is -2.66. The number of anilines is 1. The minimum atomic E-state index is -0.413. The highest BCUT2D eigenvalue weighted by atomic mass is 16.2. The van der Waals surface area contributed by atoms with E-state index in [0.717, 1.165) is 55.5 Å². The monoisotopic (exact) mass is 377 g/mol. The Morgan fingerprint density at radius 2 is 1.86 bits per heavy atom. The molecule has 1 saturated heterocycles. The van der Waals surface area contributed by atoms with Crippen molar-refractivity contribution < 1.29 is 9.59 Å². The second-order valence-corrected chi connectivity index (χ2v) is 7.99. The van der Waals surface area contributed by atoms with Crippen molar-refractivity contribution in [2.24, 2.45) is 5.73 Å². The van der Waals surface area contributed by atoms with E-state index >= 15 is 0 Å². The lowest BCUT2D eigenvalue weighted by Crippen LogP contribution is -2.46. The van der Waals surface area contributed by atoms with Gasteiger partial charge in [0.25, 0.3) is 0 Å². The molecule has 2 amide bonds. The fraction of sp³-hybridized carbons (Fsp3) is 0.391. The topological polar surface area (TPSA) is 75.4 Å². The zero-order valence-electron chi connectivity index (χ0n) is 16.1. The number of primary amides is 1. The summed E-state index contributed by atoms with van der Waals surface area (Å²) in [6.07, 6.45) is 4.66. The van der Waals surface area contributed by atoms with Gasteiger partial charge in [-0.25, -0.2) is 0 Å². The number of carbonyl (C=O) groups excluding carboxylic acids is 2. The van der Waals surface area contributed by atoms with Crippen LogP contribution < -0.4 is 11.1 Å². The molecule has 1 unspecified atom stereocenters. The van der Waals surface area contributed by atoms with Crippen LogP contribution in [0.2, 0.25) is 0 Å². The van der Waals surface area contributed by atoms with Gasteiger partial charge in [0, 0.05) is 12.2 Å². The van der Waals surface area contributed by atoms with Crippen LogP contribution in [0.15, 0.2) is 54.6 Å². The normalized spacial score (nSPS) is 21.1. The molecule has 2 aliphatic rings. The Labute approximate surface area is 165 Å². The molecule has 4 rings (SSSR count). The van der Waals surface area contributed by atoms with Gasteiger partial charge in [-0.1, -0.05) is 48.9 Å². The van der Waals surface area contributed by atoms with Crippen LogP contribution in [0.25, 0.3) is 0 Å². The molecule has 1 heterocycles. The molecule has 2 aromatic carbocycles. The zero-order chi connectivity index (χ0) is 19.6. The minimum absolute atomic E-state index is 0.0679. The molecule has 0 spiro atoms. The summed E-state index contributed by atoms with van der Waals surface area (Å²) >= 11 is 0. The molecule has 5 nitrogen and oxygen atoms in total. The third-order valence-corrected chi connectivity index (χ3v) is 6.23. The average molecular weight is 377 g/mol. The molecule has 146 valence electrons. The van der Waals surface area contributed by atoms with E-state index in [-0.39, 0.29) is 17.9 Å². The molecule has 1 saturated carbocycles. The predicted molar refractivity (Wildman–Crippen MR) is 110 cm³/mol. The van der Waals surface area contributed by atoms with Gasteiger partial charge in [-0.3, -0.25) is 14.5 Å². The first kappa shape index (κ1) is 18.7. The second kappa shape index (κ2) is 7.76. The number of likely N-dealkylation sites (tertiary alicyclic amines) is 1. The van der Waals surface area contributed by atoms with E-state index in [0.29, 0.717) is 6.54 Å². The highest BCUT2D eigenvalue weighted by molar-refractivity contribution is 6.00. The minimum Gasteiger partial charge on any atom is -0.368 e. The van der Waals surface area contributed by atoms with Crippen LogP contribution in [0.5, 0.6) is 0 Å². The Kier molecular flexibility index (Phi) is 5.18. The molecular weight excluding hydrogens is 350 g/mol. The van der Waals surface area contributed by atoms with E-state index < -0.39 is 5.41 Å². The summed E-state index contributed by atoms with van der Waals surface area (Å²) < 4.78 is 0. The first-order chi connectivity index (χ1) is 13.6. The molecule has 1 aliphatic heterocycles. The smallest absolute Gasteiger partial charge is 0.235 e. The first-order valence-corrected chi connectivity index (χ1v) is 10.1. The lowest BCUT2D eigenvalue weighted by Gasteiger charge is -2.40. The Morgan fingerprint density at radius 1 is 1.07 bits per heavy atom. The van der Waals surface area contributed by atoms with Gasteiger partial charge in [0.2, 0.25) is 11.8 Å². The summed E-state index contributed by atoms with van der Waals surface area (Å²) in [5.74, 6) is -0.185. The average Bonchev–Trinajstić information content (AvgIpc) is 3.10. The largest absolute Gasteiger partial charge is 0.368 e. The summed E-state index contributed by atoms with van der Waals surface area (Å²) in [4.78, 5) is 26.9. The number of nitrogens with one attached hydrogen (secondary N) is 1. The lowest BCUT2D eigenvalue weighted by molar-refractivity contribution is -0.124. The summed E-state index contributed by atoms with van der Waals surface area (Å²) in [5.41, 5.74) is 8.09. The fourth-order valence-corrected chi connectivity index (χ4v) is 4.50. The van der Waals surface area contributed by atoms with Crippen LogP contribution in [-0.2, 0) is 21.5 Å². The number of nitrogens with two attached hydrogens (primary N) is 1. The summed E-state index contributed by atoms with van der Waals surface area (Å²) in [5, 5.41) is 3.13. The number of nitrogens with zero attached hydrogens (tertiary/aromatic N) is 1. The molecule has 1 aliphatic carbocycles. The van der Waals surface area contributed by atoms with Crippen LogP contribution in [0.1, 0.15) is 43.2 Å². The van der Waals surface area contributed by atoms with Gasteiger partial charge >= 0.3 is 0 Å². The summed E-state index contributed by atoms with van der Waals surface area (Å²) in [7, 11) is 0. The van der Waals surface area contributed by atoms with Gasteiger partial charge < -0.3 is 11.1 Å². The third kappa shape index (κ3) is 3.54. The fourth-order valence-electron chi connectivity index (χ4n) is 4.50. The molecule has 5 heteroatoms. The van der Waals surface area contributed by atoms with Crippen LogP contribution in [-0.4, -0.2) is 29.3 Å². The number of hydrogen-bond acceptors (Lipinski definition) is 3. The van der Waals surface area contributed by atoms with Crippen LogP contribution in [0.4, 0.5) is 5.69 Å². The van der Waals surface area contributed by atoms with Gasteiger partial charge in [-0.15, -0.1) is 0 Å². The van der Waals surface area contributed by atoms with Gasteiger partial charge in [0.15, 0.2) is 0 Å². The number of hydrogen-bond donors (Lipinski definition) is 2. The molecule has 0 bridgehead atoms. The van der Waals surface area contributed by atoms with Crippen molar-refractivity contribution in [2.75, 3.05) is 11.9 Å². The maximum atomic E-state index is 13.1. The van der Waals surface area contributed by atoms with E-state index in [4.69, 9.17) is 5.73 Å². The molecule has 3 N–H and O–H groups in total. The summed E-state index contributed by atoms with van der Waals surface area (Å²) in [6.45, 7) is 1.54. The second-order valence-electron chi connectivity index (χ2n) is 7.99. The van der Waals surface area contributed by atoms with Gasteiger partial charge in [-0.2, -0.15) is 0 Å². The zero-order valence-corrected chi connectivity index (χ0v) is 16.1. The highest BCUT2D eigenvalue weighted by Gasteiger charge is 2.45. The Bertz CT molecular complexity index is 861. The van der Waals surface area contributed by atoms with Crippen LogP contribution in [0.3, 0.4) is 0 Å². The lowest BCUT2D eigenvalue weighted by atomic mass is 9.64. The highest BCUT2D eigenvalue weighted by Crippen LogP contribution is 2.44. The molecular formula is C23H27N3O2. The van der Waals surface area contributed by atoms with Crippen molar-refractivity contribution in [3.8, 4) is 0 Å².